The molecule has 0 aliphatic carbocycles. The summed E-state index contributed by atoms with van der Waals surface area (Å²) in [6.07, 6.45) is 71.1. The molecule has 0 rings (SSSR count). The van der Waals surface area contributed by atoms with Crippen LogP contribution in [0.15, 0.2) is 97.2 Å². The highest BCUT2D eigenvalue weighted by atomic mass is 16.6. The van der Waals surface area contributed by atoms with Crippen molar-refractivity contribution in [2.24, 2.45) is 0 Å². The zero-order valence-corrected chi connectivity index (χ0v) is 42.9. The Balaban J connectivity index is 4.36. The molecule has 0 N–H and O–H groups in total. The fraction of sp³-hybridized carbons (Fsp3) is 0.683. The lowest BCUT2D eigenvalue weighted by Gasteiger charge is -2.18. The van der Waals surface area contributed by atoms with Gasteiger partial charge in [0.2, 0.25) is 0 Å². The summed E-state index contributed by atoms with van der Waals surface area (Å²) in [5.74, 6) is -0.936. The third-order valence-corrected chi connectivity index (χ3v) is 11.3. The Kier molecular flexibility index (Phi) is 50.9. The Morgan fingerprint density at radius 2 is 0.621 bits per heavy atom. The van der Waals surface area contributed by atoms with Gasteiger partial charge in [-0.25, -0.2) is 0 Å². The van der Waals surface area contributed by atoms with E-state index < -0.39 is 6.10 Å². The second kappa shape index (κ2) is 53.9. The zero-order chi connectivity index (χ0) is 47.9. The van der Waals surface area contributed by atoms with Gasteiger partial charge in [0.1, 0.15) is 13.2 Å². The summed E-state index contributed by atoms with van der Waals surface area (Å²) >= 11 is 0. The smallest absolute Gasteiger partial charge is 0.306 e. The van der Waals surface area contributed by atoms with Crippen molar-refractivity contribution in [1.29, 1.82) is 0 Å². The molecule has 1 unspecified atom stereocenters. The van der Waals surface area contributed by atoms with Crippen molar-refractivity contribution in [3.63, 3.8) is 0 Å². The topological polar surface area (TPSA) is 78.9 Å². The van der Waals surface area contributed by atoms with Gasteiger partial charge in [-0.1, -0.05) is 227 Å². The van der Waals surface area contributed by atoms with Crippen LogP contribution < -0.4 is 0 Å². The first-order valence-electron chi connectivity index (χ1n) is 27.2. The standard InChI is InChI=1S/C60H100O6/c1-4-7-10-13-16-19-22-24-25-26-27-28-29-30-31-32-33-34-35-37-38-41-44-47-50-53-59(62)65-56-57(55-64-58(61)52-49-46-43-40-21-18-15-12-9-6-3)66-60(63)54-51-48-45-42-39-36-23-20-17-14-11-8-5-2/h7,10,12,15-16,19,24-25,27-28,30-31,33-34,37-38,57H,4-6,8-9,11,13-14,17-18,20-23,26,29,32,35-36,39-56H2,1-3H3/b10-7-,15-12-,19-16-,25-24-,28-27-,31-30-,34-33-,38-37-. The van der Waals surface area contributed by atoms with Crippen molar-refractivity contribution in [3.8, 4) is 0 Å². The van der Waals surface area contributed by atoms with Crippen LogP contribution in [-0.4, -0.2) is 37.2 Å². The maximum absolute atomic E-state index is 12.8. The number of esters is 3. The Labute approximate surface area is 407 Å². The van der Waals surface area contributed by atoms with Crippen LogP contribution in [0.4, 0.5) is 0 Å². The third kappa shape index (κ3) is 51.3. The van der Waals surface area contributed by atoms with Crippen molar-refractivity contribution in [3.05, 3.63) is 97.2 Å². The molecule has 0 aromatic carbocycles. The van der Waals surface area contributed by atoms with Crippen LogP contribution in [0.1, 0.15) is 245 Å². The molecular weight excluding hydrogens is 817 g/mol. The van der Waals surface area contributed by atoms with Gasteiger partial charge in [0.05, 0.1) is 0 Å². The maximum atomic E-state index is 12.8. The Morgan fingerprint density at radius 1 is 0.318 bits per heavy atom. The first-order valence-corrected chi connectivity index (χ1v) is 27.2. The second-order valence-electron chi connectivity index (χ2n) is 17.8. The van der Waals surface area contributed by atoms with Crippen molar-refractivity contribution in [1.82, 2.24) is 0 Å². The van der Waals surface area contributed by atoms with Crippen molar-refractivity contribution in [2.45, 2.75) is 252 Å². The number of hydrogen-bond donors (Lipinski definition) is 0. The number of rotatable bonds is 48. The molecule has 0 aromatic rings. The van der Waals surface area contributed by atoms with Crippen LogP contribution in [0.25, 0.3) is 0 Å². The van der Waals surface area contributed by atoms with E-state index in [-0.39, 0.29) is 31.1 Å². The number of allylic oxidation sites excluding steroid dienone is 16. The molecule has 376 valence electrons. The molecule has 0 bridgehead atoms. The van der Waals surface area contributed by atoms with Gasteiger partial charge in [0, 0.05) is 19.3 Å². The molecule has 66 heavy (non-hydrogen) atoms. The van der Waals surface area contributed by atoms with E-state index in [1.54, 1.807) is 0 Å². The molecule has 0 aliphatic rings. The average Bonchev–Trinajstić information content (AvgIpc) is 3.31. The summed E-state index contributed by atoms with van der Waals surface area (Å²) in [6.45, 7) is 6.42. The van der Waals surface area contributed by atoms with Crippen LogP contribution in [0, 0.1) is 0 Å². The first kappa shape index (κ1) is 62.3. The number of hydrogen-bond acceptors (Lipinski definition) is 6. The highest BCUT2D eigenvalue weighted by Crippen LogP contribution is 2.15. The van der Waals surface area contributed by atoms with Gasteiger partial charge < -0.3 is 14.2 Å². The van der Waals surface area contributed by atoms with Crippen molar-refractivity contribution < 1.29 is 28.6 Å². The zero-order valence-electron chi connectivity index (χ0n) is 42.9. The SMILES string of the molecule is CC/C=C\C/C=C\C/C=C\C/C=C\C/C=C\C/C=C\C/C=C\CCCCCC(=O)OCC(COC(=O)CCCCCCC/C=C\CCC)OC(=O)CCCCCCCCCCCCCCC. The van der Waals surface area contributed by atoms with Crippen LogP contribution in [-0.2, 0) is 28.6 Å². The molecule has 0 fully saturated rings. The van der Waals surface area contributed by atoms with Gasteiger partial charge in [-0.05, 0) is 96.3 Å². The first-order chi connectivity index (χ1) is 32.5. The lowest BCUT2D eigenvalue weighted by atomic mass is 10.0. The van der Waals surface area contributed by atoms with E-state index >= 15 is 0 Å². The third-order valence-electron chi connectivity index (χ3n) is 11.3. The lowest BCUT2D eigenvalue weighted by Crippen LogP contribution is -2.30. The molecule has 0 spiro atoms. The maximum Gasteiger partial charge on any atom is 0.306 e. The Bertz CT molecular complexity index is 1330. The monoisotopic (exact) mass is 917 g/mol. The molecule has 0 aliphatic heterocycles. The van der Waals surface area contributed by atoms with Crippen LogP contribution in [0.2, 0.25) is 0 Å². The molecule has 0 saturated heterocycles. The number of carbonyl (C=O) groups is 3. The second-order valence-corrected chi connectivity index (χ2v) is 17.8. The predicted octanol–water partition coefficient (Wildman–Crippen LogP) is 18.1. The minimum Gasteiger partial charge on any atom is -0.462 e. The summed E-state index contributed by atoms with van der Waals surface area (Å²) in [5, 5.41) is 0. The molecule has 0 saturated carbocycles. The molecule has 0 aromatic heterocycles. The van der Waals surface area contributed by atoms with Gasteiger partial charge in [0.15, 0.2) is 6.10 Å². The Hall–Kier alpha value is -3.67. The summed E-state index contributed by atoms with van der Waals surface area (Å²) in [7, 11) is 0. The fourth-order valence-electron chi connectivity index (χ4n) is 7.25. The minimum atomic E-state index is -0.792. The highest BCUT2D eigenvalue weighted by Gasteiger charge is 2.19. The predicted molar refractivity (Wildman–Crippen MR) is 284 cm³/mol. The summed E-state index contributed by atoms with van der Waals surface area (Å²) in [4.78, 5) is 37.9. The summed E-state index contributed by atoms with van der Waals surface area (Å²) in [5.41, 5.74) is 0. The fourth-order valence-corrected chi connectivity index (χ4v) is 7.25. The molecule has 6 heteroatoms. The van der Waals surface area contributed by atoms with E-state index in [0.29, 0.717) is 19.3 Å². The molecule has 0 radical (unpaired) electrons. The minimum absolute atomic E-state index is 0.0918. The number of unbranched alkanes of at least 4 members (excludes halogenated alkanes) is 21. The summed E-state index contributed by atoms with van der Waals surface area (Å²) in [6, 6.07) is 0. The molecule has 6 nitrogen and oxygen atoms in total. The highest BCUT2D eigenvalue weighted by molar-refractivity contribution is 5.71. The molecule has 0 amide bonds. The van der Waals surface area contributed by atoms with E-state index in [1.165, 1.54) is 77.0 Å². The van der Waals surface area contributed by atoms with Gasteiger partial charge in [-0.3, -0.25) is 14.4 Å². The average molecular weight is 917 g/mol. The van der Waals surface area contributed by atoms with Gasteiger partial charge in [-0.15, -0.1) is 0 Å². The normalized spacial score (nSPS) is 12.8. The van der Waals surface area contributed by atoms with E-state index in [0.717, 1.165) is 128 Å². The van der Waals surface area contributed by atoms with E-state index in [2.05, 4.69) is 118 Å². The van der Waals surface area contributed by atoms with Gasteiger partial charge in [-0.2, -0.15) is 0 Å². The van der Waals surface area contributed by atoms with E-state index in [9.17, 15) is 14.4 Å². The van der Waals surface area contributed by atoms with Crippen LogP contribution in [0.3, 0.4) is 0 Å². The van der Waals surface area contributed by atoms with Gasteiger partial charge >= 0.3 is 17.9 Å². The molecule has 0 heterocycles. The van der Waals surface area contributed by atoms with E-state index in [1.807, 2.05) is 0 Å². The molecule has 1 atom stereocenters. The number of carbonyl (C=O) groups excluding carboxylic acids is 3. The van der Waals surface area contributed by atoms with Crippen LogP contribution >= 0.6 is 0 Å². The van der Waals surface area contributed by atoms with Crippen molar-refractivity contribution in [2.75, 3.05) is 13.2 Å². The summed E-state index contributed by atoms with van der Waals surface area (Å²) < 4.78 is 16.8. The largest absolute Gasteiger partial charge is 0.462 e. The quantitative estimate of drug-likeness (QED) is 0.0262. The van der Waals surface area contributed by atoms with E-state index in [4.69, 9.17) is 14.2 Å². The lowest BCUT2D eigenvalue weighted by molar-refractivity contribution is -0.167. The van der Waals surface area contributed by atoms with Gasteiger partial charge in [0.25, 0.3) is 0 Å². The number of ether oxygens (including phenoxy) is 3. The Morgan fingerprint density at radius 3 is 1.02 bits per heavy atom. The van der Waals surface area contributed by atoms with Crippen LogP contribution in [0.5, 0.6) is 0 Å². The molecular formula is C60H100O6. The van der Waals surface area contributed by atoms with Crippen molar-refractivity contribution >= 4 is 17.9 Å².